The lowest BCUT2D eigenvalue weighted by atomic mass is 9.87. The summed E-state index contributed by atoms with van der Waals surface area (Å²) in [7, 11) is 1.56. The Morgan fingerprint density at radius 3 is 2.63 bits per heavy atom. The van der Waals surface area contributed by atoms with Gasteiger partial charge in [0.2, 0.25) is 5.88 Å². The fourth-order valence-corrected chi connectivity index (χ4v) is 2.33. The minimum atomic E-state index is -0.161. The number of pyridine rings is 1. The molecule has 0 aromatic carbocycles. The van der Waals surface area contributed by atoms with E-state index in [4.69, 9.17) is 4.74 Å². The molecule has 0 saturated heterocycles. The molecule has 1 aliphatic carbocycles. The third kappa shape index (κ3) is 4.12. The van der Waals surface area contributed by atoms with Crippen LogP contribution >= 0.6 is 0 Å². The zero-order valence-electron chi connectivity index (χ0n) is 11.5. The van der Waals surface area contributed by atoms with Crippen molar-refractivity contribution in [2.24, 2.45) is 5.92 Å². The van der Waals surface area contributed by atoms with Gasteiger partial charge in [0.25, 0.3) is 0 Å². The van der Waals surface area contributed by atoms with E-state index in [0.29, 0.717) is 17.6 Å². The zero-order chi connectivity index (χ0) is 13.7. The summed E-state index contributed by atoms with van der Waals surface area (Å²) in [6.07, 6.45) is 6.09. The van der Waals surface area contributed by atoms with Gasteiger partial charge in [-0.25, -0.2) is 9.78 Å². The summed E-state index contributed by atoms with van der Waals surface area (Å²) in [5, 5.41) is 5.79. The van der Waals surface area contributed by atoms with Crippen LogP contribution in [0.3, 0.4) is 0 Å². The lowest BCUT2D eigenvalue weighted by molar-refractivity contribution is 0.239. The average molecular weight is 263 g/mol. The quantitative estimate of drug-likeness (QED) is 0.881. The molecule has 0 aliphatic heterocycles. The van der Waals surface area contributed by atoms with Crippen molar-refractivity contribution >= 4 is 11.7 Å². The number of methoxy groups -OCH3 is 1. The van der Waals surface area contributed by atoms with Crippen LogP contribution in [0.25, 0.3) is 0 Å². The van der Waals surface area contributed by atoms with Crippen LogP contribution < -0.4 is 15.4 Å². The van der Waals surface area contributed by atoms with Gasteiger partial charge in [0.05, 0.1) is 19.0 Å². The van der Waals surface area contributed by atoms with Gasteiger partial charge in [-0.15, -0.1) is 0 Å². The van der Waals surface area contributed by atoms with Crippen LogP contribution in [0.2, 0.25) is 0 Å². The van der Waals surface area contributed by atoms with E-state index in [1.165, 1.54) is 12.8 Å². The highest BCUT2D eigenvalue weighted by Gasteiger charge is 2.19. The molecule has 19 heavy (non-hydrogen) atoms. The minimum absolute atomic E-state index is 0.161. The summed E-state index contributed by atoms with van der Waals surface area (Å²) in [5.41, 5.74) is 0.669. The fourth-order valence-electron chi connectivity index (χ4n) is 2.33. The Balaban J connectivity index is 1.80. The van der Waals surface area contributed by atoms with Crippen molar-refractivity contribution in [2.45, 2.75) is 38.6 Å². The summed E-state index contributed by atoms with van der Waals surface area (Å²) in [4.78, 5) is 15.9. The van der Waals surface area contributed by atoms with Crippen LogP contribution in [-0.2, 0) is 0 Å². The van der Waals surface area contributed by atoms with E-state index in [9.17, 15) is 4.79 Å². The molecule has 0 spiro atoms. The van der Waals surface area contributed by atoms with Crippen molar-refractivity contribution in [1.82, 2.24) is 10.3 Å². The molecule has 2 amide bonds. The molecule has 2 rings (SSSR count). The van der Waals surface area contributed by atoms with Crippen LogP contribution in [-0.4, -0.2) is 24.2 Å². The molecule has 5 heteroatoms. The Hall–Kier alpha value is -1.78. The molecule has 1 heterocycles. The highest BCUT2D eigenvalue weighted by atomic mass is 16.5. The van der Waals surface area contributed by atoms with E-state index in [1.807, 2.05) is 0 Å². The molecular weight excluding hydrogens is 242 g/mol. The lowest BCUT2D eigenvalue weighted by Gasteiger charge is -2.26. The number of hydrogen-bond acceptors (Lipinski definition) is 3. The summed E-state index contributed by atoms with van der Waals surface area (Å²) in [5.74, 6) is 1.32. The first-order valence-electron chi connectivity index (χ1n) is 6.75. The van der Waals surface area contributed by atoms with Crippen LogP contribution in [0.5, 0.6) is 5.88 Å². The van der Waals surface area contributed by atoms with E-state index in [2.05, 4.69) is 22.5 Å². The molecular formula is C14H21N3O2. The molecule has 0 atom stereocenters. The number of hydrogen-bond donors (Lipinski definition) is 2. The van der Waals surface area contributed by atoms with Crippen molar-refractivity contribution < 1.29 is 9.53 Å². The number of amides is 2. The predicted molar refractivity (Wildman–Crippen MR) is 74.4 cm³/mol. The number of ether oxygens (including phenoxy) is 1. The number of carbonyl (C=O) groups is 1. The van der Waals surface area contributed by atoms with Crippen molar-refractivity contribution in [3.63, 3.8) is 0 Å². The van der Waals surface area contributed by atoms with Crippen LogP contribution in [0.1, 0.15) is 32.6 Å². The number of nitrogens with zero attached hydrogens (tertiary/aromatic N) is 1. The molecule has 0 bridgehead atoms. The number of urea groups is 1. The van der Waals surface area contributed by atoms with E-state index in [0.717, 1.165) is 18.8 Å². The highest BCUT2D eigenvalue weighted by Crippen LogP contribution is 2.23. The van der Waals surface area contributed by atoms with Crippen LogP contribution in [0.15, 0.2) is 18.3 Å². The van der Waals surface area contributed by atoms with E-state index < -0.39 is 0 Å². The van der Waals surface area contributed by atoms with Crippen LogP contribution in [0, 0.1) is 5.92 Å². The Kier molecular flexibility index (Phi) is 4.60. The van der Waals surface area contributed by atoms with Crippen molar-refractivity contribution in [3.05, 3.63) is 18.3 Å². The number of nitrogens with one attached hydrogen (secondary N) is 2. The molecule has 5 nitrogen and oxygen atoms in total. The van der Waals surface area contributed by atoms with E-state index in [-0.39, 0.29) is 6.03 Å². The van der Waals surface area contributed by atoms with Crippen molar-refractivity contribution in [2.75, 3.05) is 12.4 Å². The third-order valence-electron chi connectivity index (χ3n) is 3.55. The van der Waals surface area contributed by atoms with Gasteiger partial charge in [-0.2, -0.15) is 0 Å². The largest absolute Gasteiger partial charge is 0.481 e. The molecule has 1 saturated carbocycles. The third-order valence-corrected chi connectivity index (χ3v) is 3.55. The molecule has 1 aromatic heterocycles. The lowest BCUT2D eigenvalue weighted by Crippen LogP contribution is -2.39. The van der Waals surface area contributed by atoms with Gasteiger partial charge in [-0.05, 0) is 37.7 Å². The highest BCUT2D eigenvalue weighted by molar-refractivity contribution is 5.89. The second-order valence-corrected chi connectivity index (χ2v) is 5.14. The Labute approximate surface area is 113 Å². The first-order chi connectivity index (χ1) is 9.17. The monoisotopic (exact) mass is 263 g/mol. The Morgan fingerprint density at radius 1 is 1.32 bits per heavy atom. The van der Waals surface area contributed by atoms with Crippen molar-refractivity contribution in [1.29, 1.82) is 0 Å². The number of aromatic nitrogens is 1. The zero-order valence-corrected chi connectivity index (χ0v) is 11.5. The smallest absolute Gasteiger partial charge is 0.319 e. The number of anilines is 1. The van der Waals surface area contributed by atoms with Gasteiger partial charge in [0.1, 0.15) is 0 Å². The summed E-state index contributed by atoms with van der Waals surface area (Å²) < 4.78 is 4.97. The van der Waals surface area contributed by atoms with E-state index >= 15 is 0 Å². The second-order valence-electron chi connectivity index (χ2n) is 5.14. The molecule has 0 radical (unpaired) electrons. The van der Waals surface area contributed by atoms with Gasteiger partial charge in [0.15, 0.2) is 0 Å². The van der Waals surface area contributed by atoms with Gasteiger partial charge in [-0.3, -0.25) is 0 Å². The molecule has 1 fully saturated rings. The van der Waals surface area contributed by atoms with Gasteiger partial charge < -0.3 is 15.4 Å². The number of carbonyl (C=O) groups excluding carboxylic acids is 1. The van der Waals surface area contributed by atoms with Gasteiger partial charge in [0, 0.05) is 12.1 Å². The SMILES string of the molecule is COc1ccc(NC(=O)NC2CCC(C)CC2)cn1. The normalized spacial score (nSPS) is 22.6. The average Bonchev–Trinajstić information content (AvgIpc) is 2.42. The van der Waals surface area contributed by atoms with Crippen molar-refractivity contribution in [3.8, 4) is 5.88 Å². The molecule has 1 aliphatic rings. The van der Waals surface area contributed by atoms with E-state index in [1.54, 1.807) is 25.4 Å². The second kappa shape index (κ2) is 6.41. The first-order valence-corrected chi connectivity index (χ1v) is 6.75. The summed E-state index contributed by atoms with van der Waals surface area (Å²) >= 11 is 0. The Bertz CT molecular complexity index is 411. The molecule has 1 aromatic rings. The summed E-state index contributed by atoms with van der Waals surface area (Å²) in [6.45, 7) is 2.26. The first kappa shape index (κ1) is 13.6. The predicted octanol–water partition coefficient (Wildman–Crippen LogP) is 2.79. The maximum absolute atomic E-state index is 11.8. The maximum Gasteiger partial charge on any atom is 0.319 e. The molecule has 104 valence electrons. The molecule has 2 N–H and O–H groups in total. The number of rotatable bonds is 3. The topological polar surface area (TPSA) is 63.2 Å². The molecule has 0 unspecified atom stereocenters. The summed E-state index contributed by atoms with van der Waals surface area (Å²) in [6, 6.07) is 3.63. The fraction of sp³-hybridized carbons (Fsp3) is 0.571. The van der Waals surface area contributed by atoms with Crippen LogP contribution in [0.4, 0.5) is 10.5 Å². The maximum atomic E-state index is 11.8. The Morgan fingerprint density at radius 2 is 2.05 bits per heavy atom. The minimum Gasteiger partial charge on any atom is -0.481 e. The standard InChI is InChI=1S/C14H21N3O2/c1-10-3-5-11(6-4-10)16-14(18)17-12-7-8-13(19-2)15-9-12/h7-11H,3-6H2,1-2H3,(H2,16,17,18). The van der Waals surface area contributed by atoms with Gasteiger partial charge in [-0.1, -0.05) is 6.92 Å². The van der Waals surface area contributed by atoms with Gasteiger partial charge >= 0.3 is 6.03 Å².